The Bertz CT molecular complexity index is 1380. The summed E-state index contributed by atoms with van der Waals surface area (Å²) in [5, 5.41) is 50.3. The number of aliphatic hydroxyl groups excluding tert-OH is 5. The van der Waals surface area contributed by atoms with Crippen molar-refractivity contribution in [2.75, 3.05) is 19.8 Å². The van der Waals surface area contributed by atoms with Crippen molar-refractivity contribution < 1.29 is 58.3 Å². The molecule has 67 heavy (non-hydrogen) atoms. The van der Waals surface area contributed by atoms with E-state index >= 15 is 0 Å². The summed E-state index contributed by atoms with van der Waals surface area (Å²) in [5.74, 6) is -0.489. The highest BCUT2D eigenvalue weighted by Crippen LogP contribution is 2.47. The van der Waals surface area contributed by atoms with Crippen LogP contribution in [0.4, 0.5) is 0 Å². The van der Waals surface area contributed by atoms with Crippen molar-refractivity contribution in [3.63, 3.8) is 0 Å². The van der Waals surface area contributed by atoms with E-state index in [2.05, 4.69) is 86.8 Å². The predicted octanol–water partition coefficient (Wildman–Crippen LogP) is 11.9. The normalized spacial score (nSPS) is 21.9. The van der Waals surface area contributed by atoms with Crippen LogP contribution in [0.3, 0.4) is 0 Å². The van der Waals surface area contributed by atoms with Crippen LogP contribution in [0.15, 0.2) is 72.9 Å². The van der Waals surface area contributed by atoms with Gasteiger partial charge in [-0.1, -0.05) is 202 Å². The van der Waals surface area contributed by atoms with Crippen LogP contribution in [0.2, 0.25) is 0 Å². The molecule has 1 rings (SSSR count). The van der Waals surface area contributed by atoms with Crippen molar-refractivity contribution in [1.29, 1.82) is 0 Å². The van der Waals surface area contributed by atoms with E-state index in [1.807, 2.05) is 0 Å². The number of rotatable bonds is 44. The predicted molar refractivity (Wildman–Crippen MR) is 271 cm³/mol. The lowest BCUT2D eigenvalue weighted by atomic mass is 9.85. The molecule has 0 bridgehead atoms. The summed E-state index contributed by atoms with van der Waals surface area (Å²) >= 11 is 0. The number of allylic oxidation sites excluding steroid dienone is 12. The second kappa shape index (κ2) is 43.8. The highest BCUT2D eigenvalue weighted by atomic mass is 31.2. The molecule has 388 valence electrons. The molecule has 0 radical (unpaired) electrons. The van der Waals surface area contributed by atoms with Crippen LogP contribution < -0.4 is 0 Å². The molecular weight excluding hydrogens is 872 g/mol. The lowest BCUT2D eigenvalue weighted by Gasteiger charge is -2.41. The van der Waals surface area contributed by atoms with E-state index < -0.39 is 63.1 Å². The summed E-state index contributed by atoms with van der Waals surface area (Å²) < 4.78 is 34.3. The van der Waals surface area contributed by atoms with E-state index in [0.717, 1.165) is 83.5 Å². The molecule has 6 N–H and O–H groups in total. The van der Waals surface area contributed by atoms with Crippen LogP contribution in [0.5, 0.6) is 0 Å². The minimum atomic E-state index is -5.04. The van der Waals surface area contributed by atoms with Gasteiger partial charge >= 0.3 is 13.8 Å². The van der Waals surface area contributed by atoms with Gasteiger partial charge in [-0.15, -0.1) is 0 Å². The van der Waals surface area contributed by atoms with Gasteiger partial charge in [-0.25, -0.2) is 4.57 Å². The average molecular weight is 967 g/mol. The third-order valence-electron chi connectivity index (χ3n) is 11.8. The number of carbonyl (C=O) groups is 1. The minimum absolute atomic E-state index is 0.101. The molecule has 0 aliphatic heterocycles. The van der Waals surface area contributed by atoms with E-state index in [4.69, 9.17) is 18.5 Å². The number of hydrogen-bond donors (Lipinski definition) is 6. The summed E-state index contributed by atoms with van der Waals surface area (Å²) in [4.78, 5) is 23.3. The molecule has 12 nitrogen and oxygen atoms in total. The Morgan fingerprint density at radius 2 is 0.881 bits per heavy atom. The summed E-state index contributed by atoms with van der Waals surface area (Å²) in [5.41, 5.74) is 0. The Morgan fingerprint density at radius 1 is 0.493 bits per heavy atom. The molecule has 13 heteroatoms. The number of phosphoric acid groups is 1. The third kappa shape index (κ3) is 35.5. The molecule has 0 heterocycles. The maximum Gasteiger partial charge on any atom is 0.472 e. The van der Waals surface area contributed by atoms with E-state index in [0.29, 0.717) is 13.0 Å². The number of phosphoric ester groups is 1. The Morgan fingerprint density at radius 3 is 1.33 bits per heavy atom. The molecule has 6 unspecified atom stereocenters. The van der Waals surface area contributed by atoms with Gasteiger partial charge in [0.25, 0.3) is 0 Å². The van der Waals surface area contributed by atoms with Gasteiger partial charge in [-0.3, -0.25) is 13.8 Å². The molecule has 0 aromatic heterocycles. The first-order chi connectivity index (χ1) is 32.5. The van der Waals surface area contributed by atoms with E-state index in [9.17, 15) is 39.8 Å². The van der Waals surface area contributed by atoms with Crippen molar-refractivity contribution in [1.82, 2.24) is 0 Å². The van der Waals surface area contributed by atoms with Crippen molar-refractivity contribution >= 4 is 13.8 Å². The van der Waals surface area contributed by atoms with Crippen LogP contribution in [-0.2, 0) is 27.9 Å². The zero-order valence-corrected chi connectivity index (χ0v) is 42.6. The van der Waals surface area contributed by atoms with Gasteiger partial charge in [-0.2, -0.15) is 0 Å². The summed E-state index contributed by atoms with van der Waals surface area (Å²) in [7, 11) is -5.04. The Kier molecular flexibility index (Phi) is 41.0. The second-order valence-electron chi connectivity index (χ2n) is 18.0. The van der Waals surface area contributed by atoms with Crippen LogP contribution in [-0.4, -0.2) is 98.9 Å². The Labute approximate surface area is 406 Å². The Balaban J connectivity index is 2.37. The molecule has 1 saturated carbocycles. The first kappa shape index (κ1) is 62.8. The van der Waals surface area contributed by atoms with Gasteiger partial charge in [0.1, 0.15) is 42.7 Å². The van der Waals surface area contributed by atoms with Crippen molar-refractivity contribution in [2.45, 2.75) is 243 Å². The molecule has 6 atom stereocenters. The fourth-order valence-electron chi connectivity index (χ4n) is 7.71. The van der Waals surface area contributed by atoms with E-state index in [1.165, 1.54) is 89.9 Å². The molecule has 1 aliphatic rings. The maximum atomic E-state index is 12.9. The molecule has 0 saturated heterocycles. The topological polar surface area (TPSA) is 192 Å². The number of ether oxygens (including phenoxy) is 2. The van der Waals surface area contributed by atoms with Crippen molar-refractivity contribution in [2.24, 2.45) is 0 Å². The summed E-state index contributed by atoms with van der Waals surface area (Å²) in [6, 6.07) is 0. The van der Waals surface area contributed by atoms with Gasteiger partial charge in [-0.05, 0) is 64.2 Å². The second-order valence-corrected chi connectivity index (χ2v) is 19.4. The SMILES string of the molecule is CC/C=C\C/C=C\C/C=C\C/C=C\C/C=C\C/C=C\CCCCCOCC(COP(=O)(O)OC1C(O)C(O)C(O)C(O)C1O)OC(=O)CCCCCCCCCCCCCCCCCCCC. The monoisotopic (exact) mass is 967 g/mol. The van der Waals surface area contributed by atoms with E-state index in [1.54, 1.807) is 0 Å². The maximum absolute atomic E-state index is 12.9. The van der Waals surface area contributed by atoms with Crippen LogP contribution >= 0.6 is 7.82 Å². The van der Waals surface area contributed by atoms with Gasteiger partial charge in [0.05, 0.1) is 13.2 Å². The van der Waals surface area contributed by atoms with Gasteiger partial charge in [0.2, 0.25) is 0 Å². The number of hydrogen-bond acceptors (Lipinski definition) is 11. The van der Waals surface area contributed by atoms with Gasteiger partial charge in [0, 0.05) is 13.0 Å². The third-order valence-corrected chi connectivity index (χ3v) is 12.8. The highest BCUT2D eigenvalue weighted by molar-refractivity contribution is 7.47. The van der Waals surface area contributed by atoms with Crippen LogP contribution in [0, 0.1) is 0 Å². The number of unbranched alkanes of at least 4 members (excludes halogenated alkanes) is 20. The molecule has 1 fully saturated rings. The zero-order chi connectivity index (χ0) is 49.1. The first-order valence-electron chi connectivity index (χ1n) is 26.3. The van der Waals surface area contributed by atoms with Crippen LogP contribution in [0.1, 0.15) is 200 Å². The molecule has 0 amide bonds. The smallest absolute Gasteiger partial charge is 0.457 e. The van der Waals surface area contributed by atoms with Gasteiger partial charge < -0.3 is 39.9 Å². The number of aliphatic hydroxyl groups is 5. The fourth-order valence-corrected chi connectivity index (χ4v) is 8.69. The van der Waals surface area contributed by atoms with Crippen molar-refractivity contribution in [3.8, 4) is 0 Å². The summed E-state index contributed by atoms with van der Waals surface area (Å²) in [6.45, 7) is 4.09. The fraction of sp³-hybridized carbons (Fsp3) is 0.759. The molecular formula is C54H95O12P. The minimum Gasteiger partial charge on any atom is -0.457 e. The largest absolute Gasteiger partial charge is 0.472 e. The lowest BCUT2D eigenvalue weighted by molar-refractivity contribution is -0.220. The summed E-state index contributed by atoms with van der Waals surface area (Å²) in [6.07, 6.45) is 45.4. The molecule has 0 spiro atoms. The highest BCUT2D eigenvalue weighted by Gasteiger charge is 2.51. The Hall–Kier alpha value is -2.22. The number of carbonyl (C=O) groups excluding carboxylic acids is 1. The number of esters is 1. The van der Waals surface area contributed by atoms with E-state index in [-0.39, 0.29) is 13.0 Å². The zero-order valence-electron chi connectivity index (χ0n) is 41.7. The van der Waals surface area contributed by atoms with Crippen LogP contribution in [0.25, 0.3) is 0 Å². The molecule has 1 aliphatic carbocycles. The standard InChI is InChI=1S/C54H95O12P/c1-3-5-7-9-11-13-15-17-19-21-23-24-25-26-28-30-32-34-36-38-40-42-44-63-45-47(46-64-67(61,62)66-54-52(59)50(57)49(56)51(58)53(54)60)65-48(55)43-41-39-37-35-33-31-29-27-22-20-18-16-14-12-10-8-6-4-2/h5,7,11,13,17,19,23-24,26,28,32,34,47,49-54,56-60H,3-4,6,8-10,12,14-16,18,20-22,25,27,29-31,33,35-46H2,1-2H3,(H,61,62)/b7-5-,13-11-,19-17-,24-23-,28-26-,34-32-. The average Bonchev–Trinajstić information content (AvgIpc) is 3.31. The molecule has 0 aromatic carbocycles. The molecule has 0 aromatic rings. The van der Waals surface area contributed by atoms with Gasteiger partial charge in [0.15, 0.2) is 0 Å². The quantitative estimate of drug-likeness (QED) is 0.0147. The lowest BCUT2D eigenvalue weighted by Crippen LogP contribution is -2.64. The first-order valence-corrected chi connectivity index (χ1v) is 27.8. The van der Waals surface area contributed by atoms with Crippen molar-refractivity contribution in [3.05, 3.63) is 72.9 Å².